The number of phenols is 1. The highest BCUT2D eigenvalue weighted by atomic mass is 32.1. The Morgan fingerprint density at radius 2 is 2.26 bits per heavy atom. The summed E-state index contributed by atoms with van der Waals surface area (Å²) < 4.78 is 0. The summed E-state index contributed by atoms with van der Waals surface area (Å²) >= 11 is 1.83. The van der Waals surface area contributed by atoms with Crippen LogP contribution in [0.2, 0.25) is 0 Å². The van der Waals surface area contributed by atoms with Gasteiger partial charge in [-0.3, -0.25) is 0 Å². The second-order valence-electron chi connectivity index (χ2n) is 5.04. The van der Waals surface area contributed by atoms with Gasteiger partial charge in [-0.25, -0.2) is 0 Å². The average Bonchev–Trinajstić information content (AvgIpc) is 3.03. The lowest BCUT2D eigenvalue weighted by atomic mass is 10.1. The maximum atomic E-state index is 9.86. The number of rotatable bonds is 4. The van der Waals surface area contributed by atoms with E-state index >= 15 is 0 Å². The predicted molar refractivity (Wildman–Crippen MR) is 79.7 cm³/mol. The molecule has 2 aromatic rings. The molecular formula is C16H19NOS. The average molecular weight is 273 g/mol. The van der Waals surface area contributed by atoms with E-state index in [0.717, 1.165) is 31.4 Å². The summed E-state index contributed by atoms with van der Waals surface area (Å²) in [6, 6.07) is 8.46. The van der Waals surface area contributed by atoms with Crippen LogP contribution in [-0.2, 0) is 19.4 Å². The molecule has 0 spiro atoms. The first-order valence-corrected chi connectivity index (χ1v) is 7.77. The Bertz CT molecular complexity index is 576. The van der Waals surface area contributed by atoms with Gasteiger partial charge in [-0.05, 0) is 53.5 Å². The minimum absolute atomic E-state index is 0.383. The number of benzene rings is 1. The van der Waals surface area contributed by atoms with E-state index in [0.29, 0.717) is 11.8 Å². The molecule has 1 aromatic heterocycles. The molecule has 3 rings (SSSR count). The summed E-state index contributed by atoms with van der Waals surface area (Å²) in [5, 5.41) is 15.7. The molecule has 0 aliphatic heterocycles. The van der Waals surface area contributed by atoms with E-state index in [4.69, 9.17) is 0 Å². The summed E-state index contributed by atoms with van der Waals surface area (Å²) in [5.41, 5.74) is 3.85. The van der Waals surface area contributed by atoms with Crippen LogP contribution >= 0.6 is 11.3 Å². The normalized spacial score (nSPS) is 17.6. The number of hydrogen-bond acceptors (Lipinski definition) is 3. The molecule has 1 atom stereocenters. The monoisotopic (exact) mass is 273 g/mol. The molecule has 0 bridgehead atoms. The molecule has 0 amide bonds. The molecule has 0 saturated heterocycles. The fourth-order valence-corrected chi connectivity index (χ4v) is 3.83. The van der Waals surface area contributed by atoms with Crippen molar-refractivity contribution in [1.29, 1.82) is 0 Å². The van der Waals surface area contributed by atoms with E-state index in [2.05, 4.69) is 29.8 Å². The molecule has 100 valence electrons. The number of hydrogen-bond donors (Lipinski definition) is 2. The van der Waals surface area contributed by atoms with E-state index < -0.39 is 0 Å². The van der Waals surface area contributed by atoms with Gasteiger partial charge in [0.15, 0.2) is 0 Å². The topological polar surface area (TPSA) is 32.3 Å². The van der Waals surface area contributed by atoms with Crippen molar-refractivity contribution in [2.24, 2.45) is 0 Å². The number of phenolic OH excluding ortho intramolecular Hbond substituents is 1. The smallest absolute Gasteiger partial charge is 0.119 e. The molecule has 0 radical (unpaired) electrons. The van der Waals surface area contributed by atoms with Gasteiger partial charge in [0.05, 0.1) is 0 Å². The van der Waals surface area contributed by atoms with Crippen LogP contribution in [0.25, 0.3) is 0 Å². The summed E-state index contributed by atoms with van der Waals surface area (Å²) in [6.45, 7) is 3.13. The van der Waals surface area contributed by atoms with Gasteiger partial charge in [0.1, 0.15) is 5.75 Å². The quantitative estimate of drug-likeness (QED) is 0.888. The molecule has 2 N–H and O–H groups in total. The predicted octanol–water partition coefficient (Wildman–Crippen LogP) is 3.79. The van der Waals surface area contributed by atoms with Crippen LogP contribution in [0.4, 0.5) is 0 Å². The van der Waals surface area contributed by atoms with Crippen molar-refractivity contribution in [3.05, 3.63) is 51.2 Å². The van der Waals surface area contributed by atoms with E-state index in [1.807, 2.05) is 17.4 Å². The molecule has 0 fully saturated rings. The highest BCUT2D eigenvalue weighted by molar-refractivity contribution is 7.10. The number of fused-ring (bicyclic) bond motifs is 1. The molecule has 19 heavy (non-hydrogen) atoms. The van der Waals surface area contributed by atoms with Crippen molar-refractivity contribution >= 4 is 11.3 Å². The molecule has 1 unspecified atom stereocenters. The van der Waals surface area contributed by atoms with E-state index in [1.165, 1.54) is 16.0 Å². The third-order valence-electron chi connectivity index (χ3n) is 3.97. The summed E-state index contributed by atoms with van der Waals surface area (Å²) in [4.78, 5) is 1.44. The lowest BCUT2D eigenvalue weighted by Gasteiger charge is -2.14. The fraction of sp³-hybridized carbons (Fsp3) is 0.375. The van der Waals surface area contributed by atoms with Crippen molar-refractivity contribution in [3.8, 4) is 5.75 Å². The lowest BCUT2D eigenvalue weighted by molar-refractivity contribution is 0.469. The standard InChI is InChI=1S/C16H19NOS/c1-2-11-8-9-19-16(11)10-17-14-7-6-13-12(14)4-3-5-15(13)18/h3-5,8-9,14,17-18H,2,6-7,10H2,1H3. The van der Waals surface area contributed by atoms with Gasteiger partial charge in [0, 0.05) is 17.5 Å². The van der Waals surface area contributed by atoms with Crippen molar-refractivity contribution in [2.75, 3.05) is 0 Å². The van der Waals surface area contributed by atoms with Crippen LogP contribution in [0.5, 0.6) is 5.75 Å². The van der Waals surface area contributed by atoms with Crippen molar-refractivity contribution < 1.29 is 5.11 Å². The molecule has 1 aromatic carbocycles. The first-order valence-electron chi connectivity index (χ1n) is 6.89. The van der Waals surface area contributed by atoms with Crippen molar-refractivity contribution in [2.45, 2.75) is 38.8 Å². The van der Waals surface area contributed by atoms with Gasteiger partial charge >= 0.3 is 0 Å². The van der Waals surface area contributed by atoms with E-state index in [9.17, 15) is 5.11 Å². The number of aromatic hydroxyl groups is 1. The molecule has 1 aliphatic rings. The SMILES string of the molecule is CCc1ccsc1CNC1CCc2c(O)cccc21. The van der Waals surface area contributed by atoms with E-state index in [-0.39, 0.29) is 0 Å². The molecule has 2 nitrogen and oxygen atoms in total. The minimum Gasteiger partial charge on any atom is -0.508 e. The third kappa shape index (κ3) is 2.40. The molecule has 1 heterocycles. The van der Waals surface area contributed by atoms with E-state index in [1.54, 1.807) is 6.07 Å². The van der Waals surface area contributed by atoms with Crippen LogP contribution in [-0.4, -0.2) is 5.11 Å². The maximum absolute atomic E-state index is 9.86. The van der Waals surface area contributed by atoms with Crippen LogP contribution in [0.1, 0.15) is 41.0 Å². The molecular weight excluding hydrogens is 254 g/mol. The Morgan fingerprint density at radius 3 is 3.11 bits per heavy atom. The molecule has 1 aliphatic carbocycles. The van der Waals surface area contributed by atoms with Crippen molar-refractivity contribution in [1.82, 2.24) is 5.32 Å². The fourth-order valence-electron chi connectivity index (χ4n) is 2.90. The Morgan fingerprint density at radius 1 is 1.37 bits per heavy atom. The van der Waals surface area contributed by atoms with Gasteiger partial charge in [-0.2, -0.15) is 0 Å². The number of thiophene rings is 1. The number of nitrogens with one attached hydrogen (secondary N) is 1. The Kier molecular flexibility index (Phi) is 3.58. The van der Waals surface area contributed by atoms with Crippen LogP contribution in [0.15, 0.2) is 29.6 Å². The highest BCUT2D eigenvalue weighted by Crippen LogP contribution is 2.36. The first-order chi connectivity index (χ1) is 9.29. The van der Waals surface area contributed by atoms with Gasteiger partial charge in [-0.1, -0.05) is 19.1 Å². The van der Waals surface area contributed by atoms with Crippen LogP contribution in [0, 0.1) is 0 Å². The van der Waals surface area contributed by atoms with Gasteiger partial charge in [-0.15, -0.1) is 11.3 Å². The molecule has 0 saturated carbocycles. The Hall–Kier alpha value is -1.32. The van der Waals surface area contributed by atoms with Gasteiger partial charge in [0.2, 0.25) is 0 Å². The lowest BCUT2D eigenvalue weighted by Crippen LogP contribution is -2.18. The minimum atomic E-state index is 0.383. The zero-order valence-corrected chi connectivity index (χ0v) is 12.0. The summed E-state index contributed by atoms with van der Waals surface area (Å²) in [5.74, 6) is 0.451. The zero-order chi connectivity index (χ0) is 13.2. The first kappa shape index (κ1) is 12.7. The molecule has 3 heteroatoms. The number of aryl methyl sites for hydroxylation is 1. The largest absolute Gasteiger partial charge is 0.508 e. The second-order valence-corrected chi connectivity index (χ2v) is 6.04. The van der Waals surface area contributed by atoms with Crippen LogP contribution in [0.3, 0.4) is 0 Å². The Balaban J connectivity index is 1.72. The summed E-state index contributed by atoms with van der Waals surface area (Å²) in [6.07, 6.45) is 3.16. The zero-order valence-electron chi connectivity index (χ0n) is 11.1. The summed E-state index contributed by atoms with van der Waals surface area (Å²) in [7, 11) is 0. The Labute approximate surface area is 118 Å². The maximum Gasteiger partial charge on any atom is 0.119 e. The van der Waals surface area contributed by atoms with Crippen molar-refractivity contribution in [3.63, 3.8) is 0 Å². The van der Waals surface area contributed by atoms with Gasteiger partial charge < -0.3 is 10.4 Å². The third-order valence-corrected chi connectivity index (χ3v) is 4.94. The van der Waals surface area contributed by atoms with Gasteiger partial charge in [0.25, 0.3) is 0 Å². The highest BCUT2D eigenvalue weighted by Gasteiger charge is 2.24. The van der Waals surface area contributed by atoms with Crippen LogP contribution < -0.4 is 5.32 Å². The second kappa shape index (κ2) is 5.35.